The molecule has 1 aromatic heterocycles. The number of nitro benzene ring substituents is 1. The molecular formula is C29H30F3N6O5+. The van der Waals surface area contributed by atoms with Crippen molar-refractivity contribution in [1.29, 1.82) is 5.41 Å². The molecule has 14 heteroatoms. The van der Waals surface area contributed by atoms with Crippen LogP contribution in [0, 0.1) is 15.5 Å². The minimum absolute atomic E-state index is 0.0393. The number of nitrogens with two attached hydrogens (primary N) is 1. The molecule has 0 bridgehead atoms. The largest absolute Gasteiger partial charge is 0.490 e. The maximum atomic E-state index is 13.3. The second-order valence-corrected chi connectivity index (χ2v) is 10.4. The zero-order valence-corrected chi connectivity index (χ0v) is 23.5. The summed E-state index contributed by atoms with van der Waals surface area (Å²) in [6.07, 6.45) is -5.08. The molecule has 1 amide bonds. The highest BCUT2D eigenvalue weighted by Gasteiger charge is 2.38. The molecule has 0 saturated heterocycles. The Kier molecular flexibility index (Phi) is 9.56. The number of quaternary nitrogens is 1. The van der Waals surface area contributed by atoms with Crippen molar-refractivity contribution < 1.29 is 32.8 Å². The van der Waals surface area contributed by atoms with Gasteiger partial charge in [-0.2, -0.15) is 13.2 Å². The van der Waals surface area contributed by atoms with Crippen molar-refractivity contribution in [3.63, 3.8) is 0 Å². The average Bonchev–Trinajstić information content (AvgIpc) is 3.29. The lowest BCUT2D eigenvalue weighted by Crippen LogP contribution is -2.34. The summed E-state index contributed by atoms with van der Waals surface area (Å²) in [5.41, 5.74) is 10.3. The number of alkyl halides is 3. The Morgan fingerprint density at radius 1 is 1.02 bits per heavy atom. The number of amidine groups is 1. The van der Waals surface area contributed by atoms with Gasteiger partial charge >= 0.3 is 12.1 Å². The Balaban J connectivity index is 0.000000646. The van der Waals surface area contributed by atoms with Gasteiger partial charge in [-0.05, 0) is 41.5 Å². The number of hydrogen-bond donors (Lipinski definition) is 4. The standard InChI is InChI=1S/C27H28N6O3.C2HF3O2/c1-33(2,3)23-10-7-18(8-11-23)16-30-27(34)25-15-21-14-22(32(35)36)9-12-24(21)31(25)17-19-5-4-6-20(13-19)26(28)29;3-2(4,5)1(6)7/h4-15H,16-17H2,1-3H3,(H3-,28,29,30,34);(H,6,7)/p+1. The second kappa shape index (κ2) is 12.7. The number of carboxylic acid groups (broad SMARTS) is 1. The zero-order chi connectivity index (χ0) is 32.1. The predicted octanol–water partition coefficient (Wildman–Crippen LogP) is 4.64. The van der Waals surface area contributed by atoms with Crippen molar-refractivity contribution in [2.75, 3.05) is 21.1 Å². The molecule has 0 saturated carbocycles. The summed E-state index contributed by atoms with van der Waals surface area (Å²) in [5.74, 6) is -3.08. The number of nitrogen functional groups attached to an aromatic ring is 1. The quantitative estimate of drug-likeness (QED) is 0.0758. The molecule has 4 aromatic rings. The molecule has 0 aliphatic heterocycles. The molecule has 43 heavy (non-hydrogen) atoms. The second-order valence-electron chi connectivity index (χ2n) is 10.4. The first-order valence-corrected chi connectivity index (χ1v) is 12.7. The number of aromatic nitrogens is 1. The van der Waals surface area contributed by atoms with E-state index < -0.39 is 17.1 Å². The highest BCUT2D eigenvalue weighted by molar-refractivity contribution is 5.99. The normalized spacial score (nSPS) is 11.4. The number of aliphatic carboxylic acids is 1. The van der Waals surface area contributed by atoms with Crippen LogP contribution in [0.2, 0.25) is 0 Å². The van der Waals surface area contributed by atoms with Gasteiger partial charge in [0.15, 0.2) is 0 Å². The van der Waals surface area contributed by atoms with E-state index in [0.29, 0.717) is 39.7 Å². The first-order chi connectivity index (χ1) is 20.0. The minimum Gasteiger partial charge on any atom is -0.475 e. The molecule has 1 heterocycles. The van der Waals surface area contributed by atoms with Gasteiger partial charge in [-0.3, -0.25) is 24.8 Å². The van der Waals surface area contributed by atoms with E-state index in [9.17, 15) is 28.1 Å². The van der Waals surface area contributed by atoms with Crippen LogP contribution in [0.15, 0.2) is 72.8 Å². The van der Waals surface area contributed by atoms with Crippen molar-refractivity contribution in [1.82, 2.24) is 14.4 Å². The van der Waals surface area contributed by atoms with Crippen molar-refractivity contribution in [2.24, 2.45) is 5.73 Å². The number of hydrogen-bond acceptors (Lipinski definition) is 5. The summed E-state index contributed by atoms with van der Waals surface area (Å²) >= 11 is 0. The zero-order valence-electron chi connectivity index (χ0n) is 23.5. The minimum atomic E-state index is -5.08. The lowest BCUT2D eigenvalue weighted by molar-refractivity contribution is -0.384. The number of carbonyl (C=O) groups is 2. The van der Waals surface area contributed by atoms with Crippen LogP contribution < -0.4 is 15.5 Å². The molecule has 0 spiro atoms. The Morgan fingerprint density at radius 3 is 2.19 bits per heavy atom. The summed E-state index contributed by atoms with van der Waals surface area (Å²) in [4.78, 5) is 33.0. The number of amides is 1. The molecule has 11 nitrogen and oxygen atoms in total. The lowest BCUT2D eigenvalue weighted by Gasteiger charge is -2.23. The fraction of sp³-hybridized carbons (Fsp3) is 0.207. The Labute approximate surface area is 244 Å². The summed E-state index contributed by atoms with van der Waals surface area (Å²) in [6.45, 7) is 0.682. The monoisotopic (exact) mass is 599 g/mol. The molecule has 0 atom stereocenters. The third-order valence-electron chi connectivity index (χ3n) is 6.31. The van der Waals surface area contributed by atoms with Crippen molar-refractivity contribution in [2.45, 2.75) is 19.3 Å². The van der Waals surface area contributed by atoms with E-state index in [1.807, 2.05) is 41.0 Å². The van der Waals surface area contributed by atoms with Gasteiger partial charge in [-0.15, -0.1) is 0 Å². The van der Waals surface area contributed by atoms with Gasteiger partial charge < -0.3 is 20.7 Å². The molecule has 0 aliphatic rings. The van der Waals surface area contributed by atoms with E-state index in [4.69, 9.17) is 21.0 Å². The molecule has 0 fully saturated rings. The van der Waals surface area contributed by atoms with Crippen LogP contribution in [0.25, 0.3) is 10.9 Å². The van der Waals surface area contributed by atoms with Crippen molar-refractivity contribution in [3.8, 4) is 0 Å². The number of nitrogens with one attached hydrogen (secondary N) is 2. The molecule has 4 rings (SSSR count). The highest BCUT2D eigenvalue weighted by Crippen LogP contribution is 2.26. The van der Waals surface area contributed by atoms with Crippen LogP contribution in [0.5, 0.6) is 0 Å². The van der Waals surface area contributed by atoms with Gasteiger partial charge in [-0.1, -0.05) is 30.3 Å². The molecule has 226 valence electrons. The Hall–Kier alpha value is -5.24. The molecule has 5 N–H and O–H groups in total. The van der Waals surface area contributed by atoms with Gasteiger partial charge in [0.1, 0.15) is 17.2 Å². The van der Waals surface area contributed by atoms with E-state index in [2.05, 4.69) is 26.5 Å². The van der Waals surface area contributed by atoms with Crippen LogP contribution in [0.1, 0.15) is 27.2 Å². The summed E-state index contributed by atoms with van der Waals surface area (Å²) in [7, 11) is 6.27. The number of nitro groups is 1. The summed E-state index contributed by atoms with van der Waals surface area (Å²) < 4.78 is 34.3. The fourth-order valence-corrected chi connectivity index (χ4v) is 4.08. The lowest BCUT2D eigenvalue weighted by atomic mass is 10.1. The smallest absolute Gasteiger partial charge is 0.475 e. The van der Waals surface area contributed by atoms with E-state index in [0.717, 1.165) is 16.8 Å². The van der Waals surface area contributed by atoms with Gasteiger partial charge in [0.2, 0.25) is 0 Å². The van der Waals surface area contributed by atoms with Gasteiger partial charge in [-0.25, -0.2) is 4.79 Å². The molecule has 0 aliphatic carbocycles. The number of fused-ring (bicyclic) bond motifs is 1. The third-order valence-corrected chi connectivity index (χ3v) is 6.31. The predicted molar refractivity (Wildman–Crippen MR) is 156 cm³/mol. The van der Waals surface area contributed by atoms with E-state index in [1.54, 1.807) is 24.3 Å². The first kappa shape index (κ1) is 32.3. The number of carbonyl (C=O) groups excluding carboxylic acids is 1. The van der Waals surface area contributed by atoms with Crippen LogP contribution in [0.4, 0.5) is 24.5 Å². The number of carboxylic acids is 1. The number of halogens is 3. The third kappa shape index (κ3) is 8.39. The van der Waals surface area contributed by atoms with E-state index in [1.165, 1.54) is 12.1 Å². The summed E-state index contributed by atoms with van der Waals surface area (Å²) in [5, 5.41) is 29.7. The number of benzene rings is 3. The molecule has 0 radical (unpaired) electrons. The fourth-order valence-electron chi connectivity index (χ4n) is 4.08. The maximum Gasteiger partial charge on any atom is 0.490 e. The van der Waals surface area contributed by atoms with Crippen molar-refractivity contribution in [3.05, 3.63) is 105 Å². The summed E-state index contributed by atoms with van der Waals surface area (Å²) in [6, 6.07) is 21.5. The van der Waals surface area contributed by atoms with Crippen LogP contribution in [-0.4, -0.2) is 59.6 Å². The number of rotatable bonds is 8. The number of non-ortho nitro benzene ring substituents is 1. The van der Waals surface area contributed by atoms with Gasteiger partial charge in [0.05, 0.1) is 26.1 Å². The first-order valence-electron chi connectivity index (χ1n) is 12.7. The van der Waals surface area contributed by atoms with Gasteiger partial charge in [0.25, 0.3) is 11.6 Å². The molecule has 0 unspecified atom stereocenters. The molecular weight excluding hydrogens is 569 g/mol. The molecule has 3 aromatic carbocycles. The Morgan fingerprint density at radius 2 is 1.65 bits per heavy atom. The van der Waals surface area contributed by atoms with Crippen LogP contribution in [-0.2, 0) is 17.9 Å². The average molecular weight is 600 g/mol. The van der Waals surface area contributed by atoms with Crippen LogP contribution >= 0.6 is 0 Å². The SMILES string of the molecule is C[N+](C)(C)c1ccc(CNC(=O)c2cc3cc([N+](=O)[O-])ccc3n2Cc2cccc(C(=N)N)c2)cc1.O=C(O)C(F)(F)F. The maximum absolute atomic E-state index is 13.3. The van der Waals surface area contributed by atoms with Gasteiger partial charge in [0, 0.05) is 41.7 Å². The number of nitrogens with zero attached hydrogens (tertiary/aromatic N) is 3. The van der Waals surface area contributed by atoms with E-state index in [-0.39, 0.29) is 17.4 Å². The highest BCUT2D eigenvalue weighted by atomic mass is 19.4. The topological polar surface area (TPSA) is 164 Å². The van der Waals surface area contributed by atoms with Crippen molar-refractivity contribution >= 4 is 40.0 Å². The Bertz CT molecular complexity index is 1670. The van der Waals surface area contributed by atoms with Crippen LogP contribution in [0.3, 0.4) is 0 Å². The van der Waals surface area contributed by atoms with E-state index >= 15 is 0 Å².